The predicted octanol–water partition coefficient (Wildman–Crippen LogP) is 4.38. The third-order valence-electron chi connectivity index (χ3n) is 2.96. The lowest BCUT2D eigenvalue weighted by Crippen LogP contribution is -2.05. The highest BCUT2D eigenvalue weighted by atomic mass is 127. The molecule has 3 nitrogen and oxygen atoms in total. The Morgan fingerprint density at radius 1 is 1.05 bits per heavy atom. The lowest BCUT2D eigenvalue weighted by atomic mass is 9.94. The molecule has 0 saturated heterocycles. The van der Waals surface area contributed by atoms with Gasteiger partial charge in [0.25, 0.3) is 0 Å². The zero-order chi connectivity index (χ0) is 14.8. The van der Waals surface area contributed by atoms with E-state index in [-0.39, 0.29) is 11.9 Å². The quantitative estimate of drug-likeness (QED) is 0.726. The molecule has 0 fully saturated rings. The monoisotopic (exact) mass is 394 g/mol. The standard InChI is InChI=1S/C13H10F3IN2O/c1-8(10-6-18-12(20-17)19-7-10)9-2-4-11(5-3-9)13(14,15)16/h2-8H,1H3. The summed E-state index contributed by atoms with van der Waals surface area (Å²) in [7, 11) is 0. The summed E-state index contributed by atoms with van der Waals surface area (Å²) in [6.45, 7) is 1.88. The Balaban J connectivity index is 2.22. The van der Waals surface area contributed by atoms with Gasteiger partial charge >= 0.3 is 12.2 Å². The summed E-state index contributed by atoms with van der Waals surface area (Å²) in [5, 5.41) is 0. The number of alkyl halides is 3. The van der Waals surface area contributed by atoms with Crippen LogP contribution in [0.25, 0.3) is 0 Å². The van der Waals surface area contributed by atoms with Gasteiger partial charge in [-0.25, -0.2) is 9.97 Å². The van der Waals surface area contributed by atoms with E-state index in [0.29, 0.717) is 0 Å². The van der Waals surface area contributed by atoms with Crippen LogP contribution in [0.1, 0.15) is 29.5 Å². The van der Waals surface area contributed by atoms with Crippen LogP contribution in [0, 0.1) is 0 Å². The molecule has 0 aliphatic carbocycles. The van der Waals surface area contributed by atoms with Gasteiger partial charge in [0, 0.05) is 18.3 Å². The molecule has 0 spiro atoms. The molecule has 1 aromatic carbocycles. The molecular weight excluding hydrogens is 384 g/mol. The first kappa shape index (κ1) is 15.0. The van der Waals surface area contributed by atoms with Crippen LogP contribution in [-0.2, 0) is 6.18 Å². The van der Waals surface area contributed by atoms with E-state index in [1.54, 1.807) is 35.4 Å². The van der Waals surface area contributed by atoms with Gasteiger partial charge < -0.3 is 3.07 Å². The van der Waals surface area contributed by atoms with Gasteiger partial charge in [0.15, 0.2) is 23.0 Å². The second-order valence-corrected chi connectivity index (χ2v) is 4.66. The summed E-state index contributed by atoms with van der Waals surface area (Å²) in [5.41, 5.74) is 0.921. The van der Waals surface area contributed by atoms with Crippen LogP contribution in [0.5, 0.6) is 6.01 Å². The van der Waals surface area contributed by atoms with Gasteiger partial charge in [0.05, 0.1) is 5.56 Å². The van der Waals surface area contributed by atoms with E-state index in [1.165, 1.54) is 12.1 Å². The second-order valence-electron chi connectivity index (χ2n) is 4.22. The molecular formula is C13H10F3IN2O. The molecule has 2 aromatic rings. The molecule has 0 radical (unpaired) electrons. The fraction of sp³-hybridized carbons (Fsp3) is 0.231. The van der Waals surface area contributed by atoms with Crippen LogP contribution < -0.4 is 3.07 Å². The lowest BCUT2D eigenvalue weighted by Gasteiger charge is -2.13. The van der Waals surface area contributed by atoms with Gasteiger partial charge in [0.2, 0.25) is 0 Å². The van der Waals surface area contributed by atoms with Crippen molar-refractivity contribution >= 4 is 23.0 Å². The molecule has 7 heteroatoms. The molecule has 2 rings (SSSR count). The van der Waals surface area contributed by atoms with Crippen LogP contribution in [0.2, 0.25) is 0 Å². The summed E-state index contributed by atoms with van der Waals surface area (Å²) in [5.74, 6) is -0.0967. The molecule has 1 aromatic heterocycles. The number of nitrogens with zero attached hydrogens (tertiary/aromatic N) is 2. The van der Waals surface area contributed by atoms with Crippen molar-refractivity contribution in [3.63, 3.8) is 0 Å². The van der Waals surface area contributed by atoms with Crippen molar-refractivity contribution in [2.75, 3.05) is 0 Å². The zero-order valence-corrected chi connectivity index (χ0v) is 12.5. The van der Waals surface area contributed by atoms with Gasteiger partial charge in [-0.05, 0) is 23.3 Å². The highest BCUT2D eigenvalue weighted by Crippen LogP contribution is 2.31. The molecule has 1 heterocycles. The highest BCUT2D eigenvalue weighted by Gasteiger charge is 2.30. The minimum absolute atomic E-state index is 0.0967. The highest BCUT2D eigenvalue weighted by molar-refractivity contribution is 14.1. The fourth-order valence-corrected chi connectivity index (χ4v) is 1.97. The van der Waals surface area contributed by atoms with Crippen LogP contribution in [0.4, 0.5) is 13.2 Å². The third-order valence-corrected chi connectivity index (χ3v) is 3.35. The van der Waals surface area contributed by atoms with E-state index >= 15 is 0 Å². The largest absolute Gasteiger partial charge is 0.416 e. The SMILES string of the molecule is CC(c1ccc(C(F)(F)F)cc1)c1cnc(OI)nc1. The van der Waals surface area contributed by atoms with Crippen LogP contribution in [-0.4, -0.2) is 9.97 Å². The van der Waals surface area contributed by atoms with Crippen molar-refractivity contribution in [2.45, 2.75) is 19.0 Å². The minimum atomic E-state index is -4.32. The zero-order valence-electron chi connectivity index (χ0n) is 10.4. The normalized spacial score (nSPS) is 13.1. The van der Waals surface area contributed by atoms with Gasteiger partial charge in [-0.2, -0.15) is 13.2 Å². The van der Waals surface area contributed by atoms with Crippen LogP contribution in [0.3, 0.4) is 0 Å². The first-order valence-corrected chi connectivity index (χ1v) is 6.57. The minimum Gasteiger partial charge on any atom is -0.392 e. The molecule has 0 aliphatic rings. The Hall–Kier alpha value is -1.38. The Kier molecular flexibility index (Phi) is 4.46. The molecule has 0 saturated carbocycles. The molecule has 106 valence electrons. The average Bonchev–Trinajstić information content (AvgIpc) is 2.46. The van der Waals surface area contributed by atoms with Crippen molar-refractivity contribution in [3.8, 4) is 6.01 Å². The first-order valence-electron chi connectivity index (χ1n) is 5.69. The van der Waals surface area contributed by atoms with Crippen LogP contribution >= 0.6 is 23.0 Å². The van der Waals surface area contributed by atoms with Crippen molar-refractivity contribution in [3.05, 3.63) is 53.3 Å². The number of halogens is 4. The van der Waals surface area contributed by atoms with E-state index in [1.807, 2.05) is 6.92 Å². The van der Waals surface area contributed by atoms with Gasteiger partial charge in [-0.1, -0.05) is 19.1 Å². The van der Waals surface area contributed by atoms with E-state index in [2.05, 4.69) is 9.97 Å². The maximum atomic E-state index is 12.5. The number of rotatable bonds is 3. The average molecular weight is 394 g/mol. The number of hydrogen-bond donors (Lipinski definition) is 0. The lowest BCUT2D eigenvalue weighted by molar-refractivity contribution is -0.137. The topological polar surface area (TPSA) is 35.0 Å². The number of aromatic nitrogens is 2. The Bertz CT molecular complexity index is 570. The molecule has 1 atom stereocenters. The smallest absolute Gasteiger partial charge is 0.392 e. The molecule has 20 heavy (non-hydrogen) atoms. The van der Waals surface area contributed by atoms with E-state index in [4.69, 9.17) is 3.07 Å². The number of benzene rings is 1. The van der Waals surface area contributed by atoms with E-state index < -0.39 is 11.7 Å². The maximum absolute atomic E-state index is 12.5. The van der Waals surface area contributed by atoms with Gasteiger partial charge in [0.1, 0.15) is 0 Å². The fourth-order valence-electron chi connectivity index (χ4n) is 1.74. The molecule has 0 aliphatic heterocycles. The van der Waals surface area contributed by atoms with E-state index in [0.717, 1.165) is 23.3 Å². The van der Waals surface area contributed by atoms with Gasteiger partial charge in [-0.3, -0.25) is 0 Å². The Morgan fingerprint density at radius 3 is 2.05 bits per heavy atom. The number of hydrogen-bond acceptors (Lipinski definition) is 3. The summed E-state index contributed by atoms with van der Waals surface area (Å²) in [4.78, 5) is 7.96. The molecule has 0 amide bonds. The molecule has 0 bridgehead atoms. The first-order chi connectivity index (χ1) is 9.41. The van der Waals surface area contributed by atoms with E-state index in [9.17, 15) is 13.2 Å². The molecule has 1 unspecified atom stereocenters. The van der Waals surface area contributed by atoms with Crippen molar-refractivity contribution in [1.29, 1.82) is 0 Å². The van der Waals surface area contributed by atoms with Crippen molar-refractivity contribution < 1.29 is 16.2 Å². The molecule has 0 N–H and O–H groups in total. The van der Waals surface area contributed by atoms with Gasteiger partial charge in [-0.15, -0.1) is 0 Å². The summed E-state index contributed by atoms with van der Waals surface area (Å²) >= 11 is 1.67. The Morgan fingerprint density at radius 2 is 1.60 bits per heavy atom. The van der Waals surface area contributed by atoms with Crippen molar-refractivity contribution in [1.82, 2.24) is 9.97 Å². The summed E-state index contributed by atoms with van der Waals surface area (Å²) in [6.07, 6.45) is -1.11. The summed E-state index contributed by atoms with van der Waals surface area (Å²) < 4.78 is 42.3. The predicted molar refractivity (Wildman–Crippen MR) is 75.6 cm³/mol. The third kappa shape index (κ3) is 3.38. The second kappa shape index (κ2) is 5.94. The summed E-state index contributed by atoms with van der Waals surface area (Å²) in [6, 6.07) is 5.34. The van der Waals surface area contributed by atoms with Crippen LogP contribution in [0.15, 0.2) is 36.7 Å². The Labute approximate surface area is 127 Å². The maximum Gasteiger partial charge on any atom is 0.416 e. The van der Waals surface area contributed by atoms with Crippen molar-refractivity contribution in [2.24, 2.45) is 0 Å².